The summed E-state index contributed by atoms with van der Waals surface area (Å²) < 4.78 is 13.8. The van der Waals surface area contributed by atoms with Gasteiger partial charge in [0.2, 0.25) is 0 Å². The van der Waals surface area contributed by atoms with Gasteiger partial charge in [0.25, 0.3) is 0 Å². The monoisotopic (exact) mass is 215 g/mol. The van der Waals surface area contributed by atoms with Crippen LogP contribution in [0.15, 0.2) is 0 Å². The van der Waals surface area contributed by atoms with E-state index in [9.17, 15) is 4.39 Å². The van der Waals surface area contributed by atoms with E-state index >= 15 is 0 Å². The highest BCUT2D eigenvalue weighted by Crippen LogP contribution is 2.21. The normalized spacial score (nSPS) is 24.0. The topological polar surface area (TPSA) is 12.0 Å². The van der Waals surface area contributed by atoms with Crippen molar-refractivity contribution in [2.75, 3.05) is 13.1 Å². The second kappa shape index (κ2) is 8.09. The number of hydrogen-bond donors (Lipinski definition) is 1. The molecule has 15 heavy (non-hydrogen) atoms. The van der Waals surface area contributed by atoms with E-state index in [2.05, 4.69) is 12.2 Å². The molecular formula is C13H26FN. The minimum Gasteiger partial charge on any atom is -0.316 e. The van der Waals surface area contributed by atoms with Crippen LogP contribution in [0.2, 0.25) is 0 Å². The standard InChI is InChI=1S/C13H26FN/c1-2-3-4-5-6-9-13(14)12-8-7-10-15-11-12/h12-13,15H,2-11H2,1H3. The zero-order valence-electron chi connectivity index (χ0n) is 10.1. The summed E-state index contributed by atoms with van der Waals surface area (Å²) in [5.41, 5.74) is 0. The van der Waals surface area contributed by atoms with Crippen molar-refractivity contribution in [2.24, 2.45) is 5.92 Å². The van der Waals surface area contributed by atoms with Crippen LogP contribution in [-0.4, -0.2) is 19.3 Å². The predicted octanol–water partition coefficient (Wildman–Crippen LogP) is 3.68. The van der Waals surface area contributed by atoms with Crippen molar-refractivity contribution in [3.63, 3.8) is 0 Å². The smallest absolute Gasteiger partial charge is 0.104 e. The highest BCUT2D eigenvalue weighted by atomic mass is 19.1. The lowest BCUT2D eigenvalue weighted by molar-refractivity contribution is 0.177. The Labute approximate surface area is 93.8 Å². The molecule has 0 radical (unpaired) electrons. The maximum Gasteiger partial charge on any atom is 0.104 e. The third-order valence-electron chi connectivity index (χ3n) is 3.43. The molecule has 1 aliphatic rings. The maximum absolute atomic E-state index is 13.8. The van der Waals surface area contributed by atoms with Crippen LogP contribution in [0.4, 0.5) is 4.39 Å². The van der Waals surface area contributed by atoms with Crippen molar-refractivity contribution < 1.29 is 4.39 Å². The molecule has 2 atom stereocenters. The van der Waals surface area contributed by atoms with Crippen LogP contribution in [0, 0.1) is 5.92 Å². The van der Waals surface area contributed by atoms with Gasteiger partial charge >= 0.3 is 0 Å². The number of nitrogens with one attached hydrogen (secondary N) is 1. The van der Waals surface area contributed by atoms with Crippen LogP contribution in [0.1, 0.15) is 58.3 Å². The first kappa shape index (κ1) is 13.0. The fourth-order valence-electron chi connectivity index (χ4n) is 2.37. The number of hydrogen-bond acceptors (Lipinski definition) is 1. The summed E-state index contributed by atoms with van der Waals surface area (Å²) in [7, 11) is 0. The average Bonchev–Trinajstić information content (AvgIpc) is 2.30. The fraction of sp³-hybridized carbons (Fsp3) is 1.00. The predicted molar refractivity (Wildman–Crippen MR) is 63.9 cm³/mol. The first-order valence-electron chi connectivity index (χ1n) is 6.69. The molecule has 0 aromatic rings. The summed E-state index contributed by atoms with van der Waals surface area (Å²) in [6.07, 6.45) is 8.63. The maximum atomic E-state index is 13.8. The van der Waals surface area contributed by atoms with Gasteiger partial charge in [0.15, 0.2) is 0 Å². The van der Waals surface area contributed by atoms with Crippen LogP contribution in [0.3, 0.4) is 0 Å². The van der Waals surface area contributed by atoms with Crippen molar-refractivity contribution in [2.45, 2.75) is 64.5 Å². The lowest BCUT2D eigenvalue weighted by Crippen LogP contribution is -2.35. The summed E-state index contributed by atoms with van der Waals surface area (Å²) in [4.78, 5) is 0. The third-order valence-corrected chi connectivity index (χ3v) is 3.43. The number of unbranched alkanes of at least 4 members (excludes halogenated alkanes) is 4. The summed E-state index contributed by atoms with van der Waals surface area (Å²) in [5.74, 6) is 0.296. The van der Waals surface area contributed by atoms with E-state index in [4.69, 9.17) is 0 Å². The summed E-state index contributed by atoms with van der Waals surface area (Å²) in [6, 6.07) is 0. The van der Waals surface area contributed by atoms with Gasteiger partial charge in [0.05, 0.1) is 0 Å². The molecular weight excluding hydrogens is 189 g/mol. The molecule has 0 aliphatic carbocycles. The minimum absolute atomic E-state index is 0.296. The molecule has 1 N–H and O–H groups in total. The molecule has 0 bridgehead atoms. The van der Waals surface area contributed by atoms with Crippen LogP contribution in [0.25, 0.3) is 0 Å². The van der Waals surface area contributed by atoms with Gasteiger partial charge in [-0.25, -0.2) is 4.39 Å². The Morgan fingerprint density at radius 2 is 2.07 bits per heavy atom. The Morgan fingerprint density at radius 1 is 1.27 bits per heavy atom. The van der Waals surface area contributed by atoms with Gasteiger partial charge in [-0.15, -0.1) is 0 Å². The van der Waals surface area contributed by atoms with Gasteiger partial charge < -0.3 is 5.32 Å². The SMILES string of the molecule is CCCCCCCC(F)C1CCCNC1. The molecule has 2 heteroatoms. The Morgan fingerprint density at radius 3 is 2.73 bits per heavy atom. The molecule has 1 aliphatic heterocycles. The molecule has 0 aromatic heterocycles. The summed E-state index contributed by atoms with van der Waals surface area (Å²) in [6.45, 7) is 4.20. The van der Waals surface area contributed by atoms with E-state index in [0.29, 0.717) is 5.92 Å². The molecule has 0 spiro atoms. The lowest BCUT2D eigenvalue weighted by atomic mass is 9.91. The van der Waals surface area contributed by atoms with Gasteiger partial charge in [0.1, 0.15) is 6.17 Å². The zero-order chi connectivity index (χ0) is 10.9. The molecule has 1 heterocycles. The van der Waals surface area contributed by atoms with E-state index in [0.717, 1.165) is 38.8 Å². The van der Waals surface area contributed by atoms with Gasteiger partial charge in [-0.05, 0) is 25.8 Å². The number of halogens is 1. The first-order valence-corrected chi connectivity index (χ1v) is 6.69. The molecule has 0 amide bonds. The molecule has 0 aromatic carbocycles. The largest absolute Gasteiger partial charge is 0.316 e. The van der Waals surface area contributed by atoms with Crippen molar-refractivity contribution in [3.8, 4) is 0 Å². The van der Waals surface area contributed by atoms with Crippen LogP contribution >= 0.6 is 0 Å². The van der Waals surface area contributed by atoms with E-state index in [1.54, 1.807) is 0 Å². The van der Waals surface area contributed by atoms with Gasteiger partial charge in [-0.2, -0.15) is 0 Å². The molecule has 1 nitrogen and oxygen atoms in total. The Bertz CT molecular complexity index is 143. The molecule has 1 saturated heterocycles. The highest BCUT2D eigenvalue weighted by Gasteiger charge is 2.22. The molecule has 2 unspecified atom stereocenters. The van der Waals surface area contributed by atoms with Crippen molar-refractivity contribution in [1.82, 2.24) is 5.32 Å². The van der Waals surface area contributed by atoms with Gasteiger partial charge in [-0.3, -0.25) is 0 Å². The quantitative estimate of drug-likeness (QED) is 0.639. The van der Waals surface area contributed by atoms with Crippen molar-refractivity contribution in [3.05, 3.63) is 0 Å². The van der Waals surface area contributed by atoms with E-state index in [1.165, 1.54) is 25.7 Å². The number of piperidine rings is 1. The minimum atomic E-state index is -0.556. The van der Waals surface area contributed by atoms with Crippen LogP contribution in [-0.2, 0) is 0 Å². The number of rotatable bonds is 7. The molecule has 1 fully saturated rings. The Kier molecular flexibility index (Phi) is 6.99. The molecule has 0 saturated carbocycles. The van der Waals surface area contributed by atoms with E-state index in [1.807, 2.05) is 0 Å². The second-order valence-electron chi connectivity index (χ2n) is 4.83. The van der Waals surface area contributed by atoms with E-state index in [-0.39, 0.29) is 0 Å². The first-order chi connectivity index (χ1) is 7.34. The average molecular weight is 215 g/mol. The summed E-state index contributed by atoms with van der Waals surface area (Å²) >= 11 is 0. The van der Waals surface area contributed by atoms with Crippen LogP contribution < -0.4 is 5.32 Å². The summed E-state index contributed by atoms with van der Waals surface area (Å²) in [5, 5.41) is 3.29. The highest BCUT2D eigenvalue weighted by molar-refractivity contribution is 4.75. The Balaban J connectivity index is 1.99. The number of alkyl halides is 1. The molecule has 1 rings (SSSR count). The third kappa shape index (κ3) is 5.50. The molecule has 90 valence electrons. The van der Waals surface area contributed by atoms with Crippen molar-refractivity contribution >= 4 is 0 Å². The zero-order valence-corrected chi connectivity index (χ0v) is 10.1. The second-order valence-corrected chi connectivity index (χ2v) is 4.83. The van der Waals surface area contributed by atoms with Crippen LogP contribution in [0.5, 0.6) is 0 Å². The fourth-order valence-corrected chi connectivity index (χ4v) is 2.37. The van der Waals surface area contributed by atoms with Gasteiger partial charge in [0, 0.05) is 12.5 Å². The lowest BCUT2D eigenvalue weighted by Gasteiger charge is -2.25. The van der Waals surface area contributed by atoms with Crippen molar-refractivity contribution in [1.29, 1.82) is 0 Å². The van der Waals surface area contributed by atoms with Gasteiger partial charge in [-0.1, -0.05) is 39.0 Å². The van der Waals surface area contributed by atoms with E-state index < -0.39 is 6.17 Å². The Hall–Kier alpha value is -0.110.